The minimum absolute atomic E-state index is 0.206. The first-order valence-electron chi connectivity index (χ1n) is 11.6. The molecule has 0 heterocycles. The second-order valence-corrected chi connectivity index (χ2v) is 9.22. The van der Waals surface area contributed by atoms with Crippen molar-refractivity contribution in [1.82, 2.24) is 0 Å². The number of aliphatic hydroxyl groups excluding tert-OH is 2. The van der Waals surface area contributed by atoms with Gasteiger partial charge in [-0.2, -0.15) is 0 Å². The Bertz CT molecular complexity index is 486. The number of quaternary nitrogens is 1. The zero-order chi connectivity index (χ0) is 23.3. The van der Waals surface area contributed by atoms with Crippen molar-refractivity contribution in [3.8, 4) is 0 Å². The van der Waals surface area contributed by atoms with Crippen LogP contribution in [0.1, 0.15) is 97.3 Å². The molecule has 30 heavy (non-hydrogen) atoms. The summed E-state index contributed by atoms with van der Waals surface area (Å²) in [6.07, 6.45) is 12.6. The van der Waals surface area contributed by atoms with Crippen LogP contribution in [0.4, 0.5) is 0 Å². The molecule has 0 saturated heterocycles. The molecule has 0 fully saturated rings. The Morgan fingerprint density at radius 3 is 1.53 bits per heavy atom. The lowest BCUT2D eigenvalue weighted by atomic mass is 9.77. The molecule has 0 bridgehead atoms. The highest BCUT2D eigenvalue weighted by atomic mass is 16.4. The maximum absolute atomic E-state index is 11.9. The first-order chi connectivity index (χ1) is 14.1. The number of hydrogen-bond donors (Lipinski definition) is 3. The van der Waals surface area contributed by atoms with E-state index in [1.807, 2.05) is 0 Å². The predicted octanol–water partition coefficient (Wildman–Crippen LogP) is 2.47. The molecule has 0 aromatic rings. The van der Waals surface area contributed by atoms with E-state index in [1.54, 1.807) is 14.1 Å². The summed E-state index contributed by atoms with van der Waals surface area (Å²) in [7, 11) is 3.12. The third-order valence-corrected chi connectivity index (χ3v) is 7.27. The van der Waals surface area contributed by atoms with Crippen LogP contribution in [-0.2, 0) is 9.59 Å². The van der Waals surface area contributed by atoms with Crippen LogP contribution in [0.2, 0.25) is 0 Å². The van der Waals surface area contributed by atoms with E-state index in [2.05, 4.69) is 6.92 Å². The van der Waals surface area contributed by atoms with Gasteiger partial charge in [-0.3, -0.25) is 0 Å². The van der Waals surface area contributed by atoms with Crippen LogP contribution in [0.25, 0.3) is 0 Å². The van der Waals surface area contributed by atoms with Crippen molar-refractivity contribution >= 4 is 11.9 Å². The minimum Gasteiger partial charge on any atom is -0.543 e. The van der Waals surface area contributed by atoms with Crippen LogP contribution in [0.15, 0.2) is 0 Å². The normalized spacial score (nSPS) is 14.5. The summed E-state index contributed by atoms with van der Waals surface area (Å²) in [6, 6.07) is 0. The number of carboxylic acids is 2. The predicted molar refractivity (Wildman–Crippen MR) is 116 cm³/mol. The summed E-state index contributed by atoms with van der Waals surface area (Å²) in [5.41, 5.74) is -3.07. The van der Waals surface area contributed by atoms with Gasteiger partial charge in [-0.05, 0) is 6.42 Å². The number of aliphatic hydroxyl groups is 2. The van der Waals surface area contributed by atoms with Crippen LogP contribution in [0.5, 0.6) is 0 Å². The average molecular weight is 432 g/mol. The SMILES string of the molecule is CCCCCCCCCCCCC(CCO)(CCO)[N+](C)(C)C(C)(C(=O)[O-])C(=O)O. The van der Waals surface area contributed by atoms with Crippen molar-refractivity contribution in [2.24, 2.45) is 0 Å². The molecule has 0 aliphatic carbocycles. The van der Waals surface area contributed by atoms with Crippen molar-refractivity contribution in [1.29, 1.82) is 0 Å². The lowest BCUT2D eigenvalue weighted by molar-refractivity contribution is -0.973. The molecule has 0 aliphatic rings. The molecule has 0 spiro atoms. The fraction of sp³-hybridized carbons (Fsp3) is 0.913. The van der Waals surface area contributed by atoms with Gasteiger partial charge in [0.25, 0.3) is 0 Å². The summed E-state index contributed by atoms with van der Waals surface area (Å²) >= 11 is 0. The molecule has 0 radical (unpaired) electrons. The van der Waals surface area contributed by atoms with E-state index >= 15 is 0 Å². The maximum atomic E-state index is 11.9. The third kappa shape index (κ3) is 7.20. The van der Waals surface area contributed by atoms with Crippen molar-refractivity contribution < 1.29 is 34.5 Å². The molecule has 0 aromatic carbocycles. The molecule has 3 N–H and O–H groups in total. The van der Waals surface area contributed by atoms with Crippen LogP contribution < -0.4 is 5.11 Å². The highest BCUT2D eigenvalue weighted by Crippen LogP contribution is 2.40. The van der Waals surface area contributed by atoms with Crippen LogP contribution in [-0.4, -0.2) is 70.1 Å². The number of carbonyl (C=O) groups is 2. The van der Waals surface area contributed by atoms with E-state index < -0.39 is 27.5 Å². The van der Waals surface area contributed by atoms with Gasteiger partial charge >= 0.3 is 5.97 Å². The first-order valence-corrected chi connectivity index (χ1v) is 11.6. The highest BCUT2D eigenvalue weighted by Gasteiger charge is 2.59. The second kappa shape index (κ2) is 14.0. The number of nitrogens with zero attached hydrogens (tertiary/aromatic N) is 1. The Kier molecular flexibility index (Phi) is 13.4. The summed E-state index contributed by atoms with van der Waals surface area (Å²) < 4.78 is -0.393. The molecule has 1 unspecified atom stereocenters. The largest absolute Gasteiger partial charge is 0.543 e. The molecular weight excluding hydrogens is 386 g/mol. The van der Waals surface area contributed by atoms with Crippen LogP contribution in [0.3, 0.4) is 0 Å². The second-order valence-electron chi connectivity index (χ2n) is 9.22. The maximum Gasteiger partial charge on any atom is 0.371 e. The topological polar surface area (TPSA) is 118 Å². The monoisotopic (exact) mass is 431 g/mol. The lowest BCUT2D eigenvalue weighted by Gasteiger charge is -2.56. The zero-order valence-electron chi connectivity index (χ0n) is 19.6. The van der Waals surface area contributed by atoms with Crippen molar-refractivity contribution in [2.75, 3.05) is 27.3 Å². The molecule has 1 atom stereocenters. The molecule has 7 heteroatoms. The summed E-state index contributed by atoms with van der Waals surface area (Å²) in [5, 5.41) is 41.0. The van der Waals surface area contributed by atoms with Crippen molar-refractivity contribution in [3.05, 3.63) is 0 Å². The Labute approximate surface area is 182 Å². The molecular formula is C23H45NO6. The van der Waals surface area contributed by atoms with E-state index in [0.29, 0.717) is 6.42 Å². The number of likely N-dealkylation sites (N-methyl/N-ethyl adjacent to an activating group) is 1. The van der Waals surface area contributed by atoms with Crippen molar-refractivity contribution in [2.45, 2.75) is 108 Å². The molecule has 0 amide bonds. The van der Waals surface area contributed by atoms with Gasteiger partial charge in [0.2, 0.25) is 5.54 Å². The average Bonchev–Trinajstić information content (AvgIpc) is 2.68. The number of aliphatic carboxylic acids is 2. The van der Waals surface area contributed by atoms with Gasteiger partial charge in [-0.15, -0.1) is 0 Å². The Balaban J connectivity index is 5.10. The fourth-order valence-corrected chi connectivity index (χ4v) is 4.60. The minimum atomic E-state index is -2.19. The van der Waals surface area contributed by atoms with Gasteiger partial charge in [0, 0.05) is 39.4 Å². The fourth-order valence-electron chi connectivity index (χ4n) is 4.60. The van der Waals surface area contributed by atoms with E-state index in [1.165, 1.54) is 38.5 Å². The number of unbranched alkanes of at least 4 members (excludes halogenated alkanes) is 9. The standard InChI is InChI=1S/C23H45NO6/c1-5-6-7-8-9-10-11-12-13-14-15-23(16-18-25,17-19-26)24(3,4)22(2,20(27)28)21(29)30/h25-26H,5-19H2,1-4H3,(H-,27,28,29,30). The van der Waals surface area contributed by atoms with E-state index in [0.717, 1.165) is 32.6 Å². The number of hydrogen-bond acceptors (Lipinski definition) is 5. The molecule has 7 nitrogen and oxygen atoms in total. The molecule has 0 rings (SSSR count). The summed E-state index contributed by atoms with van der Waals surface area (Å²) in [6.45, 7) is 2.96. The number of rotatable bonds is 19. The smallest absolute Gasteiger partial charge is 0.371 e. The van der Waals surface area contributed by atoms with E-state index in [9.17, 15) is 30.0 Å². The van der Waals surface area contributed by atoms with Crippen molar-refractivity contribution in [3.63, 3.8) is 0 Å². The van der Waals surface area contributed by atoms with Gasteiger partial charge in [0.1, 0.15) is 11.5 Å². The summed E-state index contributed by atoms with van der Waals surface area (Å²) in [4.78, 5) is 23.8. The number of carbonyl (C=O) groups excluding carboxylic acids is 1. The zero-order valence-corrected chi connectivity index (χ0v) is 19.6. The lowest BCUT2D eigenvalue weighted by Crippen LogP contribution is -2.77. The molecule has 0 saturated carbocycles. The van der Waals surface area contributed by atoms with Gasteiger partial charge in [-0.25, -0.2) is 4.79 Å². The Hall–Kier alpha value is -1.18. The van der Waals surface area contributed by atoms with Gasteiger partial charge < -0.3 is 29.7 Å². The quantitative estimate of drug-likeness (QED) is 0.164. The highest BCUT2D eigenvalue weighted by molar-refractivity contribution is 6.00. The van der Waals surface area contributed by atoms with E-state index in [4.69, 9.17) is 0 Å². The Morgan fingerprint density at radius 2 is 1.20 bits per heavy atom. The third-order valence-electron chi connectivity index (χ3n) is 7.27. The van der Waals surface area contributed by atoms with E-state index in [-0.39, 0.29) is 26.1 Å². The van der Waals surface area contributed by atoms with Crippen LogP contribution >= 0.6 is 0 Å². The van der Waals surface area contributed by atoms with Gasteiger partial charge in [0.05, 0.1) is 14.1 Å². The Morgan fingerprint density at radius 1 is 0.800 bits per heavy atom. The number of carboxylic acid groups (broad SMARTS) is 2. The molecule has 0 aliphatic heterocycles. The molecule has 0 aromatic heterocycles. The van der Waals surface area contributed by atoms with Crippen LogP contribution in [0, 0.1) is 0 Å². The van der Waals surface area contributed by atoms with Gasteiger partial charge in [-0.1, -0.05) is 64.7 Å². The van der Waals surface area contributed by atoms with Gasteiger partial charge in [0.15, 0.2) is 0 Å². The first kappa shape index (κ1) is 28.8. The summed E-state index contributed by atoms with van der Waals surface area (Å²) in [5.74, 6) is -3.14. The molecule has 178 valence electrons.